The summed E-state index contributed by atoms with van der Waals surface area (Å²) in [6.45, 7) is 2.73. The SMILES string of the molecule is CCc1cc(NCC2CCN(CC(F)(F)F)C2)n2ncnc2n1. The lowest BCUT2D eigenvalue weighted by Gasteiger charge is -2.18. The molecule has 6 nitrogen and oxygen atoms in total. The zero-order chi connectivity index (χ0) is 16.4. The van der Waals surface area contributed by atoms with Crippen molar-refractivity contribution in [2.45, 2.75) is 25.9 Å². The van der Waals surface area contributed by atoms with Crippen LogP contribution in [0.2, 0.25) is 0 Å². The number of hydrogen-bond acceptors (Lipinski definition) is 5. The number of alkyl halides is 3. The molecule has 1 atom stereocenters. The highest BCUT2D eigenvalue weighted by Crippen LogP contribution is 2.23. The minimum Gasteiger partial charge on any atom is -0.370 e. The molecule has 0 aromatic carbocycles. The molecule has 2 aromatic rings. The maximum absolute atomic E-state index is 12.4. The molecule has 1 aliphatic heterocycles. The average molecular weight is 328 g/mol. The summed E-state index contributed by atoms with van der Waals surface area (Å²) in [5, 5.41) is 7.41. The molecule has 23 heavy (non-hydrogen) atoms. The van der Waals surface area contributed by atoms with Crippen molar-refractivity contribution in [1.29, 1.82) is 0 Å². The van der Waals surface area contributed by atoms with E-state index in [9.17, 15) is 13.2 Å². The quantitative estimate of drug-likeness (QED) is 0.909. The highest BCUT2D eigenvalue weighted by Gasteiger charge is 2.34. The van der Waals surface area contributed by atoms with Gasteiger partial charge in [-0.15, -0.1) is 0 Å². The second kappa shape index (κ2) is 6.31. The lowest BCUT2D eigenvalue weighted by molar-refractivity contribution is -0.143. The fourth-order valence-corrected chi connectivity index (χ4v) is 2.89. The Bertz CT molecular complexity index is 668. The Labute approximate surface area is 131 Å². The monoisotopic (exact) mass is 328 g/mol. The minimum absolute atomic E-state index is 0.189. The smallest absolute Gasteiger partial charge is 0.370 e. The van der Waals surface area contributed by atoms with E-state index in [0.29, 0.717) is 25.4 Å². The van der Waals surface area contributed by atoms with Crippen LogP contribution in [0, 0.1) is 5.92 Å². The van der Waals surface area contributed by atoms with Gasteiger partial charge in [0.25, 0.3) is 5.78 Å². The maximum atomic E-state index is 12.4. The summed E-state index contributed by atoms with van der Waals surface area (Å²) in [4.78, 5) is 9.91. The van der Waals surface area contributed by atoms with Crippen LogP contribution in [0.4, 0.5) is 19.0 Å². The zero-order valence-electron chi connectivity index (χ0n) is 12.8. The van der Waals surface area contributed by atoms with Gasteiger partial charge in [-0.2, -0.15) is 27.8 Å². The lowest BCUT2D eigenvalue weighted by Crippen LogP contribution is -2.33. The van der Waals surface area contributed by atoms with Gasteiger partial charge in [0.15, 0.2) is 0 Å². The van der Waals surface area contributed by atoms with Crippen molar-refractivity contribution in [2.24, 2.45) is 5.92 Å². The fourth-order valence-electron chi connectivity index (χ4n) is 2.89. The largest absolute Gasteiger partial charge is 0.401 e. The van der Waals surface area contributed by atoms with Gasteiger partial charge in [0.1, 0.15) is 12.1 Å². The predicted molar refractivity (Wildman–Crippen MR) is 79.3 cm³/mol. The van der Waals surface area contributed by atoms with E-state index in [4.69, 9.17) is 0 Å². The van der Waals surface area contributed by atoms with Crippen molar-refractivity contribution in [1.82, 2.24) is 24.5 Å². The Balaban J connectivity index is 1.62. The molecule has 1 saturated heterocycles. The van der Waals surface area contributed by atoms with Crippen LogP contribution in [0.1, 0.15) is 19.0 Å². The van der Waals surface area contributed by atoms with Crippen LogP contribution in [0.15, 0.2) is 12.4 Å². The van der Waals surface area contributed by atoms with Gasteiger partial charge in [0.05, 0.1) is 6.54 Å². The van der Waals surface area contributed by atoms with Crippen molar-refractivity contribution in [3.05, 3.63) is 18.1 Å². The average Bonchev–Trinajstić information content (AvgIpc) is 3.11. The van der Waals surface area contributed by atoms with Gasteiger partial charge in [0, 0.05) is 24.8 Å². The molecule has 0 radical (unpaired) electrons. The van der Waals surface area contributed by atoms with Crippen LogP contribution in [-0.2, 0) is 6.42 Å². The van der Waals surface area contributed by atoms with Gasteiger partial charge in [-0.25, -0.2) is 4.98 Å². The first-order chi connectivity index (χ1) is 10.9. The lowest BCUT2D eigenvalue weighted by atomic mass is 10.1. The van der Waals surface area contributed by atoms with Gasteiger partial charge >= 0.3 is 6.18 Å². The van der Waals surface area contributed by atoms with Gasteiger partial charge in [-0.05, 0) is 25.3 Å². The third kappa shape index (κ3) is 3.90. The topological polar surface area (TPSA) is 58.4 Å². The van der Waals surface area contributed by atoms with Crippen molar-refractivity contribution >= 4 is 11.6 Å². The number of aromatic nitrogens is 4. The summed E-state index contributed by atoms with van der Waals surface area (Å²) in [6.07, 6.45) is -1.15. The van der Waals surface area contributed by atoms with Crippen LogP contribution in [-0.4, -0.2) is 56.8 Å². The second-order valence-corrected chi connectivity index (χ2v) is 5.84. The van der Waals surface area contributed by atoms with Crippen LogP contribution < -0.4 is 5.32 Å². The molecular formula is C14H19F3N6. The number of hydrogen-bond donors (Lipinski definition) is 1. The third-order valence-electron chi connectivity index (χ3n) is 4.01. The molecule has 1 N–H and O–H groups in total. The molecule has 0 spiro atoms. The minimum atomic E-state index is -4.13. The Hall–Kier alpha value is -1.90. The molecule has 0 amide bonds. The van der Waals surface area contributed by atoms with Gasteiger partial charge in [-0.1, -0.05) is 6.92 Å². The van der Waals surface area contributed by atoms with E-state index in [0.717, 1.165) is 24.4 Å². The first-order valence-corrected chi connectivity index (χ1v) is 7.67. The summed E-state index contributed by atoms with van der Waals surface area (Å²) in [5.41, 5.74) is 0.901. The number of likely N-dealkylation sites (tertiary alicyclic amines) is 1. The maximum Gasteiger partial charge on any atom is 0.401 e. The highest BCUT2D eigenvalue weighted by atomic mass is 19.4. The van der Waals surface area contributed by atoms with E-state index in [-0.39, 0.29) is 5.92 Å². The summed E-state index contributed by atoms with van der Waals surface area (Å²) < 4.78 is 38.9. The molecular weight excluding hydrogens is 309 g/mol. The fraction of sp³-hybridized carbons (Fsp3) is 0.643. The first kappa shape index (κ1) is 16.0. The Morgan fingerprint density at radius 1 is 1.39 bits per heavy atom. The van der Waals surface area contributed by atoms with E-state index in [1.54, 1.807) is 4.52 Å². The van der Waals surface area contributed by atoms with Gasteiger partial charge in [-0.3, -0.25) is 4.90 Å². The number of halogens is 3. The zero-order valence-corrected chi connectivity index (χ0v) is 12.8. The highest BCUT2D eigenvalue weighted by molar-refractivity contribution is 5.45. The molecule has 2 aromatic heterocycles. The van der Waals surface area contributed by atoms with Crippen molar-refractivity contribution < 1.29 is 13.2 Å². The third-order valence-corrected chi connectivity index (χ3v) is 4.01. The normalized spacial score (nSPS) is 19.6. The number of anilines is 1. The van der Waals surface area contributed by atoms with E-state index < -0.39 is 12.7 Å². The molecule has 3 heterocycles. The molecule has 9 heteroatoms. The number of nitrogens with one attached hydrogen (secondary N) is 1. The molecule has 1 aliphatic rings. The second-order valence-electron chi connectivity index (χ2n) is 5.84. The molecule has 0 aliphatic carbocycles. The van der Waals surface area contributed by atoms with Crippen LogP contribution >= 0.6 is 0 Å². The molecule has 1 unspecified atom stereocenters. The predicted octanol–water partition coefficient (Wildman–Crippen LogP) is 1.98. The standard InChI is InChI=1S/C14H19F3N6/c1-2-11-5-12(23-13(21-11)19-9-20-23)18-6-10-3-4-22(7-10)8-14(15,16)17/h5,9-10,18H,2-4,6-8H2,1H3. The molecule has 3 rings (SSSR count). The van der Waals surface area contributed by atoms with Crippen LogP contribution in [0.5, 0.6) is 0 Å². The summed E-state index contributed by atoms with van der Waals surface area (Å²) in [5.74, 6) is 1.49. The van der Waals surface area contributed by atoms with Gasteiger partial charge in [0.2, 0.25) is 0 Å². The Morgan fingerprint density at radius 3 is 2.96 bits per heavy atom. The summed E-state index contributed by atoms with van der Waals surface area (Å²) >= 11 is 0. The molecule has 0 saturated carbocycles. The van der Waals surface area contributed by atoms with E-state index in [1.807, 2.05) is 13.0 Å². The Morgan fingerprint density at radius 2 is 2.22 bits per heavy atom. The van der Waals surface area contributed by atoms with Crippen molar-refractivity contribution in [2.75, 3.05) is 31.5 Å². The molecule has 126 valence electrons. The van der Waals surface area contributed by atoms with E-state index in [1.165, 1.54) is 11.2 Å². The van der Waals surface area contributed by atoms with E-state index >= 15 is 0 Å². The number of nitrogens with zero attached hydrogens (tertiary/aromatic N) is 5. The van der Waals surface area contributed by atoms with Crippen LogP contribution in [0.3, 0.4) is 0 Å². The first-order valence-electron chi connectivity index (χ1n) is 7.67. The Kier molecular flexibility index (Phi) is 4.38. The van der Waals surface area contributed by atoms with Crippen LogP contribution in [0.25, 0.3) is 5.78 Å². The summed E-state index contributed by atoms with van der Waals surface area (Å²) in [7, 11) is 0. The number of aryl methyl sites for hydroxylation is 1. The van der Waals surface area contributed by atoms with Gasteiger partial charge < -0.3 is 5.32 Å². The number of fused-ring (bicyclic) bond motifs is 1. The molecule has 0 bridgehead atoms. The summed E-state index contributed by atoms with van der Waals surface area (Å²) in [6, 6.07) is 1.91. The molecule has 1 fully saturated rings. The van der Waals surface area contributed by atoms with Crippen molar-refractivity contribution in [3.63, 3.8) is 0 Å². The van der Waals surface area contributed by atoms with E-state index in [2.05, 4.69) is 20.4 Å². The van der Waals surface area contributed by atoms with Crippen molar-refractivity contribution in [3.8, 4) is 0 Å². The number of rotatable bonds is 5.